The molecule has 0 spiro atoms. The number of piperidine rings is 1. The van der Waals surface area contributed by atoms with E-state index in [0.29, 0.717) is 12.0 Å². The minimum atomic E-state index is -0.221. The molecule has 3 nitrogen and oxygen atoms in total. The first kappa shape index (κ1) is 15.3. The highest BCUT2D eigenvalue weighted by Crippen LogP contribution is 2.37. The van der Waals surface area contributed by atoms with E-state index < -0.39 is 0 Å². The van der Waals surface area contributed by atoms with Crippen LogP contribution in [0.15, 0.2) is 0 Å². The van der Waals surface area contributed by atoms with Gasteiger partial charge in [0.05, 0.1) is 6.10 Å². The number of hydrogen-bond donors (Lipinski definition) is 2. The maximum atomic E-state index is 10.3. The number of rotatable bonds is 4. The summed E-state index contributed by atoms with van der Waals surface area (Å²) in [5.74, 6) is 1.46. The monoisotopic (exact) mass is 268 g/mol. The first-order chi connectivity index (χ1) is 8.77. The van der Waals surface area contributed by atoms with Crippen LogP contribution in [-0.4, -0.2) is 41.3 Å². The average molecular weight is 268 g/mol. The van der Waals surface area contributed by atoms with Gasteiger partial charge < -0.3 is 10.8 Å². The number of hydrogen-bond acceptors (Lipinski definition) is 3. The van der Waals surface area contributed by atoms with Crippen molar-refractivity contribution in [2.75, 3.05) is 13.1 Å². The first-order valence-electron chi connectivity index (χ1n) is 7.95. The standard InChI is InChI=1S/C16H32N2O/c1-11(13-5-6-13)18-9-12(7-14(17)10-18)8-15(19)16(2,3)4/h11-15,19H,5-10,17H2,1-4H3. The highest BCUT2D eigenvalue weighted by molar-refractivity contribution is 4.91. The van der Waals surface area contributed by atoms with Gasteiger partial charge in [0.15, 0.2) is 0 Å². The lowest BCUT2D eigenvalue weighted by Gasteiger charge is -2.41. The second kappa shape index (κ2) is 5.71. The van der Waals surface area contributed by atoms with Crippen LogP contribution in [0, 0.1) is 17.3 Å². The van der Waals surface area contributed by atoms with Crippen molar-refractivity contribution in [2.45, 2.75) is 71.6 Å². The molecule has 1 heterocycles. The van der Waals surface area contributed by atoms with E-state index in [4.69, 9.17) is 5.73 Å². The fourth-order valence-corrected chi connectivity index (χ4v) is 3.33. The molecule has 0 aromatic heterocycles. The second-order valence-corrected chi connectivity index (χ2v) is 8.01. The molecular formula is C16H32N2O. The lowest BCUT2D eigenvalue weighted by atomic mass is 9.80. The Labute approximate surface area is 118 Å². The van der Waals surface area contributed by atoms with Gasteiger partial charge in [0, 0.05) is 25.2 Å². The molecule has 3 N–H and O–H groups in total. The van der Waals surface area contributed by atoms with Gasteiger partial charge >= 0.3 is 0 Å². The van der Waals surface area contributed by atoms with Crippen LogP contribution in [0.1, 0.15) is 53.4 Å². The Balaban J connectivity index is 1.90. The summed E-state index contributed by atoms with van der Waals surface area (Å²) in [5, 5.41) is 10.3. The Morgan fingerprint density at radius 3 is 2.42 bits per heavy atom. The van der Waals surface area contributed by atoms with Gasteiger partial charge in [0.1, 0.15) is 0 Å². The summed E-state index contributed by atoms with van der Waals surface area (Å²) < 4.78 is 0. The molecule has 4 unspecified atom stereocenters. The van der Waals surface area contributed by atoms with Crippen molar-refractivity contribution >= 4 is 0 Å². The summed E-state index contributed by atoms with van der Waals surface area (Å²) in [6.45, 7) is 10.9. The van der Waals surface area contributed by atoms with Crippen LogP contribution in [-0.2, 0) is 0 Å². The van der Waals surface area contributed by atoms with Crippen LogP contribution in [0.3, 0.4) is 0 Å². The zero-order valence-electron chi connectivity index (χ0n) is 13.1. The van der Waals surface area contributed by atoms with Crippen LogP contribution < -0.4 is 5.73 Å². The lowest BCUT2D eigenvalue weighted by Crippen LogP contribution is -2.51. The molecule has 112 valence electrons. The van der Waals surface area contributed by atoms with Gasteiger partial charge in [-0.3, -0.25) is 4.90 Å². The van der Waals surface area contributed by atoms with E-state index in [9.17, 15) is 5.11 Å². The smallest absolute Gasteiger partial charge is 0.0591 e. The van der Waals surface area contributed by atoms with Gasteiger partial charge in [0.25, 0.3) is 0 Å². The van der Waals surface area contributed by atoms with Crippen molar-refractivity contribution in [3.05, 3.63) is 0 Å². The molecule has 2 fully saturated rings. The maximum Gasteiger partial charge on any atom is 0.0591 e. The SMILES string of the molecule is CC(C1CC1)N1CC(N)CC(CC(O)C(C)(C)C)C1. The average Bonchev–Trinajstić information content (AvgIpc) is 3.09. The summed E-state index contributed by atoms with van der Waals surface area (Å²) in [6, 6.07) is 0.966. The molecule has 0 aromatic rings. The Kier molecular flexibility index (Phi) is 4.59. The zero-order valence-corrected chi connectivity index (χ0v) is 13.1. The van der Waals surface area contributed by atoms with Crippen LogP contribution in [0.2, 0.25) is 0 Å². The molecule has 0 amide bonds. The van der Waals surface area contributed by atoms with Crippen molar-refractivity contribution in [1.29, 1.82) is 0 Å². The molecule has 2 rings (SSSR count). The first-order valence-corrected chi connectivity index (χ1v) is 7.95. The van der Waals surface area contributed by atoms with Crippen molar-refractivity contribution in [1.82, 2.24) is 4.90 Å². The van der Waals surface area contributed by atoms with Gasteiger partial charge in [-0.15, -0.1) is 0 Å². The topological polar surface area (TPSA) is 49.5 Å². The summed E-state index contributed by atoms with van der Waals surface area (Å²) in [6.07, 6.45) is 4.53. The van der Waals surface area contributed by atoms with E-state index in [1.54, 1.807) is 0 Å². The molecule has 19 heavy (non-hydrogen) atoms. The van der Waals surface area contributed by atoms with Gasteiger partial charge in [-0.05, 0) is 49.9 Å². The molecule has 3 heteroatoms. The predicted molar refractivity (Wildman–Crippen MR) is 79.9 cm³/mol. The number of aliphatic hydroxyl groups excluding tert-OH is 1. The normalized spacial score (nSPS) is 33.2. The predicted octanol–water partition coefficient (Wildman–Crippen LogP) is 2.23. The van der Waals surface area contributed by atoms with Crippen molar-refractivity contribution in [3.63, 3.8) is 0 Å². The minimum absolute atomic E-state index is 0.0194. The summed E-state index contributed by atoms with van der Waals surface area (Å²) in [7, 11) is 0. The Hall–Kier alpha value is -0.120. The van der Waals surface area contributed by atoms with E-state index in [1.165, 1.54) is 12.8 Å². The van der Waals surface area contributed by atoms with Crippen LogP contribution in [0.4, 0.5) is 0 Å². The fourth-order valence-electron chi connectivity index (χ4n) is 3.33. The quantitative estimate of drug-likeness (QED) is 0.822. The molecule has 1 saturated carbocycles. The van der Waals surface area contributed by atoms with E-state index in [0.717, 1.165) is 31.8 Å². The van der Waals surface area contributed by atoms with Gasteiger partial charge in [0.2, 0.25) is 0 Å². The zero-order chi connectivity index (χ0) is 14.2. The minimum Gasteiger partial charge on any atom is -0.393 e. The summed E-state index contributed by atoms with van der Waals surface area (Å²) >= 11 is 0. The summed E-state index contributed by atoms with van der Waals surface area (Å²) in [5.41, 5.74) is 6.22. The Bertz CT molecular complexity index is 296. The molecule has 4 atom stereocenters. The molecule has 1 aliphatic carbocycles. The number of likely N-dealkylation sites (tertiary alicyclic amines) is 1. The van der Waals surface area contributed by atoms with Gasteiger partial charge in [-0.25, -0.2) is 0 Å². The molecule has 2 aliphatic rings. The lowest BCUT2D eigenvalue weighted by molar-refractivity contribution is 0.0172. The third-order valence-electron chi connectivity index (χ3n) is 5.03. The van der Waals surface area contributed by atoms with Crippen LogP contribution in [0.5, 0.6) is 0 Å². The third kappa shape index (κ3) is 4.17. The number of aliphatic hydroxyl groups is 1. The maximum absolute atomic E-state index is 10.3. The third-order valence-corrected chi connectivity index (χ3v) is 5.03. The molecule has 1 aliphatic heterocycles. The van der Waals surface area contributed by atoms with E-state index in [1.807, 2.05) is 0 Å². The van der Waals surface area contributed by atoms with Crippen molar-refractivity contribution in [2.24, 2.45) is 23.0 Å². The molecule has 0 aromatic carbocycles. The Morgan fingerprint density at radius 2 is 1.89 bits per heavy atom. The van der Waals surface area contributed by atoms with Crippen LogP contribution in [0.25, 0.3) is 0 Å². The molecule has 1 saturated heterocycles. The van der Waals surface area contributed by atoms with Crippen LogP contribution >= 0.6 is 0 Å². The van der Waals surface area contributed by atoms with Crippen molar-refractivity contribution in [3.8, 4) is 0 Å². The fraction of sp³-hybridized carbons (Fsp3) is 1.00. The largest absolute Gasteiger partial charge is 0.393 e. The van der Waals surface area contributed by atoms with E-state index in [-0.39, 0.29) is 17.6 Å². The van der Waals surface area contributed by atoms with Crippen molar-refractivity contribution < 1.29 is 5.11 Å². The van der Waals surface area contributed by atoms with Gasteiger partial charge in [-0.1, -0.05) is 20.8 Å². The Morgan fingerprint density at radius 1 is 1.26 bits per heavy atom. The molecular weight excluding hydrogens is 236 g/mol. The van der Waals surface area contributed by atoms with Gasteiger partial charge in [-0.2, -0.15) is 0 Å². The number of nitrogens with zero attached hydrogens (tertiary/aromatic N) is 1. The van der Waals surface area contributed by atoms with E-state index in [2.05, 4.69) is 32.6 Å². The number of nitrogens with two attached hydrogens (primary N) is 1. The molecule has 0 radical (unpaired) electrons. The van der Waals surface area contributed by atoms with E-state index >= 15 is 0 Å². The highest BCUT2D eigenvalue weighted by atomic mass is 16.3. The molecule has 0 bridgehead atoms. The summed E-state index contributed by atoms with van der Waals surface area (Å²) in [4.78, 5) is 2.58. The highest BCUT2D eigenvalue weighted by Gasteiger charge is 2.37. The second-order valence-electron chi connectivity index (χ2n) is 8.01.